The highest BCUT2D eigenvalue weighted by Crippen LogP contribution is 2.39. The summed E-state index contributed by atoms with van der Waals surface area (Å²) in [6.07, 6.45) is 1.21. The largest absolute Gasteiger partial charge is 0.464 e. The van der Waals surface area contributed by atoms with Crippen molar-refractivity contribution in [1.29, 1.82) is 0 Å². The number of fused-ring (bicyclic) bond motifs is 1. The number of carbonyl (C=O) groups excluding carboxylic acids is 2. The van der Waals surface area contributed by atoms with Crippen LogP contribution in [0.15, 0.2) is 0 Å². The van der Waals surface area contributed by atoms with Crippen molar-refractivity contribution in [3.63, 3.8) is 0 Å². The molecule has 1 aromatic carbocycles. The number of esters is 1. The molecule has 0 bridgehead atoms. The summed E-state index contributed by atoms with van der Waals surface area (Å²) in [7, 11) is 0. The van der Waals surface area contributed by atoms with E-state index in [0.29, 0.717) is 37.8 Å². The van der Waals surface area contributed by atoms with E-state index in [0.717, 1.165) is 25.8 Å². The first-order valence-corrected chi connectivity index (χ1v) is 11.3. The fraction of sp³-hybridized carbons (Fsp3) is 0.636. The van der Waals surface area contributed by atoms with Crippen LogP contribution in [0.3, 0.4) is 0 Å². The summed E-state index contributed by atoms with van der Waals surface area (Å²) in [4.78, 5) is 27.0. The average Bonchev–Trinajstić information content (AvgIpc) is 2.66. The van der Waals surface area contributed by atoms with Crippen molar-refractivity contribution in [3.8, 4) is 0 Å². The monoisotopic (exact) mass is 517 g/mol. The van der Waals surface area contributed by atoms with Gasteiger partial charge in [0.25, 0.3) is 0 Å². The molecule has 160 valence electrons. The number of halogens is 2. The van der Waals surface area contributed by atoms with Crippen molar-refractivity contribution in [3.05, 3.63) is 31.4 Å². The van der Waals surface area contributed by atoms with Crippen molar-refractivity contribution >= 4 is 34.5 Å². The zero-order valence-corrected chi connectivity index (χ0v) is 19.6. The van der Waals surface area contributed by atoms with Crippen molar-refractivity contribution in [2.45, 2.75) is 84.2 Å². The van der Waals surface area contributed by atoms with E-state index in [9.17, 15) is 19.1 Å². The number of rotatable bonds is 4. The minimum Gasteiger partial charge on any atom is -0.464 e. The highest BCUT2D eigenvalue weighted by atomic mass is 127. The molecule has 0 radical (unpaired) electrons. The SMILES string of the molecule is CCOC(=O)[C@@H](O)c1c(C)c2c(c(C)c1I)CN(C1CCC(C)(F)CC1)C(=O)C2. The second-order valence-corrected chi connectivity index (χ2v) is 9.51. The van der Waals surface area contributed by atoms with E-state index in [2.05, 4.69) is 22.6 Å². The molecule has 1 saturated carbocycles. The molecule has 1 heterocycles. The Morgan fingerprint density at radius 3 is 2.52 bits per heavy atom. The first kappa shape index (κ1) is 22.5. The van der Waals surface area contributed by atoms with Crippen molar-refractivity contribution in [1.82, 2.24) is 4.90 Å². The molecule has 2 aliphatic rings. The van der Waals surface area contributed by atoms with Crippen LogP contribution in [0.5, 0.6) is 0 Å². The smallest absolute Gasteiger partial charge is 0.339 e. The Bertz CT molecular complexity index is 829. The fourth-order valence-corrected chi connectivity index (χ4v) is 5.62. The van der Waals surface area contributed by atoms with Gasteiger partial charge in [0.1, 0.15) is 5.67 Å². The molecular formula is C22H29FINO4. The lowest BCUT2D eigenvalue weighted by atomic mass is 9.81. The summed E-state index contributed by atoms with van der Waals surface area (Å²) in [6, 6.07) is 0.0710. The van der Waals surface area contributed by atoms with Crippen LogP contribution >= 0.6 is 22.6 Å². The van der Waals surface area contributed by atoms with Crippen LogP contribution in [0, 0.1) is 17.4 Å². The lowest BCUT2D eigenvalue weighted by Crippen LogP contribution is -2.47. The Morgan fingerprint density at radius 1 is 1.31 bits per heavy atom. The number of ether oxygens (including phenoxy) is 1. The van der Waals surface area contributed by atoms with E-state index in [1.54, 1.807) is 13.8 Å². The number of aliphatic hydroxyl groups excluding tert-OH is 1. The standard InChI is InChI=1S/C22H29FINO4/c1-5-29-21(28)20(27)18-12(2)15-10-17(26)25(11-16(15)13(3)19(18)24)14-6-8-22(4,23)9-7-14/h14,20,27H,5-11H2,1-4H3/t14?,20-,22?/m0/s1. The number of benzene rings is 1. The second kappa shape index (κ2) is 8.49. The third-order valence-corrected chi connectivity index (χ3v) is 7.83. The van der Waals surface area contributed by atoms with Gasteiger partial charge in [-0.25, -0.2) is 9.18 Å². The Balaban J connectivity index is 1.94. The number of nitrogens with zero attached hydrogens (tertiary/aromatic N) is 1. The topological polar surface area (TPSA) is 66.8 Å². The molecule has 1 N–H and O–H groups in total. The van der Waals surface area contributed by atoms with Gasteiger partial charge < -0.3 is 14.7 Å². The van der Waals surface area contributed by atoms with Crippen LogP contribution < -0.4 is 0 Å². The van der Waals surface area contributed by atoms with Gasteiger partial charge in [0.15, 0.2) is 6.10 Å². The van der Waals surface area contributed by atoms with E-state index in [4.69, 9.17) is 4.74 Å². The van der Waals surface area contributed by atoms with E-state index in [1.807, 2.05) is 18.7 Å². The third kappa shape index (κ3) is 4.31. The number of amides is 1. The lowest BCUT2D eigenvalue weighted by Gasteiger charge is -2.41. The summed E-state index contributed by atoms with van der Waals surface area (Å²) >= 11 is 2.16. The fourth-order valence-electron chi connectivity index (χ4n) is 4.59. The molecule has 1 aliphatic carbocycles. The Labute approximate surface area is 185 Å². The van der Waals surface area contributed by atoms with Crippen LogP contribution in [0.4, 0.5) is 4.39 Å². The molecule has 1 fully saturated rings. The molecule has 29 heavy (non-hydrogen) atoms. The van der Waals surface area contributed by atoms with Gasteiger partial charge in [-0.1, -0.05) is 0 Å². The third-order valence-electron chi connectivity index (χ3n) is 6.44. The summed E-state index contributed by atoms with van der Waals surface area (Å²) in [6.45, 7) is 7.86. The summed E-state index contributed by atoms with van der Waals surface area (Å²) in [5.41, 5.74) is 3.14. The van der Waals surface area contributed by atoms with Gasteiger partial charge in [-0.15, -0.1) is 0 Å². The summed E-state index contributed by atoms with van der Waals surface area (Å²) in [5.74, 6) is -0.640. The molecule has 0 unspecified atom stereocenters. The number of aliphatic hydroxyl groups is 1. The van der Waals surface area contributed by atoms with Gasteiger partial charge in [-0.3, -0.25) is 4.79 Å². The van der Waals surface area contributed by atoms with Crippen LogP contribution in [0.1, 0.15) is 73.5 Å². The zero-order valence-electron chi connectivity index (χ0n) is 17.5. The first-order chi connectivity index (χ1) is 13.6. The van der Waals surface area contributed by atoms with E-state index >= 15 is 0 Å². The van der Waals surface area contributed by atoms with Crippen LogP contribution in [-0.2, 0) is 27.3 Å². The molecule has 0 saturated heterocycles. The summed E-state index contributed by atoms with van der Waals surface area (Å²) in [5, 5.41) is 10.6. The Morgan fingerprint density at radius 2 is 1.93 bits per heavy atom. The maximum absolute atomic E-state index is 14.2. The van der Waals surface area contributed by atoms with Crippen molar-refractivity contribution in [2.75, 3.05) is 6.61 Å². The van der Waals surface area contributed by atoms with Gasteiger partial charge >= 0.3 is 5.97 Å². The molecule has 7 heteroatoms. The van der Waals surface area contributed by atoms with Crippen molar-refractivity contribution in [2.24, 2.45) is 0 Å². The molecule has 5 nitrogen and oxygen atoms in total. The molecule has 1 atom stereocenters. The minimum absolute atomic E-state index is 0.0326. The molecule has 0 spiro atoms. The zero-order chi connectivity index (χ0) is 21.5. The van der Waals surface area contributed by atoms with Gasteiger partial charge in [0.05, 0.1) is 13.0 Å². The predicted octanol–water partition coefficient (Wildman–Crippen LogP) is 4.06. The number of hydrogen-bond acceptors (Lipinski definition) is 4. The number of alkyl halides is 1. The van der Waals surface area contributed by atoms with E-state index in [1.165, 1.54) is 0 Å². The molecule has 1 amide bonds. The Hall–Kier alpha value is -1.22. The normalized spacial score (nSPS) is 25.6. The van der Waals surface area contributed by atoms with Gasteiger partial charge in [-0.2, -0.15) is 0 Å². The molecular weight excluding hydrogens is 488 g/mol. The molecule has 1 aliphatic heterocycles. The lowest BCUT2D eigenvalue weighted by molar-refractivity contribution is -0.153. The van der Waals surface area contributed by atoms with Crippen LogP contribution in [-0.4, -0.2) is 40.2 Å². The predicted molar refractivity (Wildman–Crippen MR) is 116 cm³/mol. The Kier molecular flexibility index (Phi) is 6.58. The average molecular weight is 517 g/mol. The highest BCUT2D eigenvalue weighted by molar-refractivity contribution is 14.1. The highest BCUT2D eigenvalue weighted by Gasteiger charge is 2.38. The number of carbonyl (C=O) groups is 2. The van der Waals surface area contributed by atoms with Crippen LogP contribution in [0.2, 0.25) is 0 Å². The van der Waals surface area contributed by atoms with E-state index < -0.39 is 17.7 Å². The maximum atomic E-state index is 14.2. The first-order valence-electron chi connectivity index (χ1n) is 10.2. The summed E-state index contributed by atoms with van der Waals surface area (Å²) < 4.78 is 20.0. The quantitative estimate of drug-likeness (QED) is 0.484. The molecule has 3 rings (SSSR count). The molecule has 0 aromatic heterocycles. The van der Waals surface area contributed by atoms with Gasteiger partial charge in [-0.05, 0) is 98.2 Å². The van der Waals surface area contributed by atoms with E-state index in [-0.39, 0.29) is 25.0 Å². The molecule has 1 aromatic rings. The number of hydrogen-bond donors (Lipinski definition) is 1. The van der Waals surface area contributed by atoms with Crippen LogP contribution in [0.25, 0.3) is 0 Å². The second-order valence-electron chi connectivity index (χ2n) is 8.43. The van der Waals surface area contributed by atoms with Crippen molar-refractivity contribution < 1.29 is 23.8 Å². The maximum Gasteiger partial charge on any atom is 0.339 e. The van der Waals surface area contributed by atoms with Gasteiger partial charge in [0, 0.05) is 21.7 Å². The van der Waals surface area contributed by atoms with Gasteiger partial charge in [0.2, 0.25) is 5.91 Å². The minimum atomic E-state index is -1.36.